The summed E-state index contributed by atoms with van der Waals surface area (Å²) < 4.78 is 11.7. The Morgan fingerprint density at radius 2 is 2.21 bits per heavy atom. The van der Waals surface area contributed by atoms with E-state index in [2.05, 4.69) is 5.32 Å². The Balaban J connectivity index is 2.57. The number of halogens is 1. The molecule has 0 aliphatic carbocycles. The first kappa shape index (κ1) is 9.68. The van der Waals surface area contributed by atoms with Gasteiger partial charge in [-0.3, -0.25) is 9.00 Å². The van der Waals surface area contributed by atoms with Crippen LogP contribution in [-0.4, -0.2) is 15.9 Å². The van der Waals surface area contributed by atoms with Crippen molar-refractivity contribution in [1.29, 1.82) is 0 Å². The fraction of sp³-hybridized carbons (Fsp3) is 0.222. The average Bonchev–Trinajstić information content (AvgIpc) is 2.27. The van der Waals surface area contributed by atoms with Crippen LogP contribution >= 0.6 is 11.6 Å². The van der Waals surface area contributed by atoms with Crippen LogP contribution < -0.4 is 5.32 Å². The minimum Gasteiger partial charge on any atom is -0.325 e. The van der Waals surface area contributed by atoms with Gasteiger partial charge in [-0.2, -0.15) is 0 Å². The SMILES string of the molecule is O=C1CCS(=O)c2c(Cl)cccc2N1. The smallest absolute Gasteiger partial charge is 0.225 e. The number of rotatable bonds is 0. The van der Waals surface area contributed by atoms with Crippen LogP contribution in [-0.2, 0) is 15.6 Å². The van der Waals surface area contributed by atoms with Gasteiger partial charge in [0.05, 0.1) is 26.4 Å². The molecule has 1 aromatic carbocycles. The third-order valence-electron chi connectivity index (χ3n) is 1.98. The van der Waals surface area contributed by atoms with E-state index in [9.17, 15) is 9.00 Å². The molecular formula is C9H8ClNO2S. The number of fused-ring (bicyclic) bond motifs is 1. The summed E-state index contributed by atoms with van der Waals surface area (Å²) in [7, 11) is -1.18. The number of hydrogen-bond acceptors (Lipinski definition) is 2. The van der Waals surface area contributed by atoms with Crippen molar-refractivity contribution in [3.8, 4) is 0 Å². The highest BCUT2D eigenvalue weighted by atomic mass is 35.5. The molecule has 1 unspecified atom stereocenters. The molecule has 5 heteroatoms. The maximum atomic E-state index is 11.7. The van der Waals surface area contributed by atoms with Gasteiger partial charge in [0.1, 0.15) is 0 Å². The van der Waals surface area contributed by atoms with Crippen LogP contribution in [0.2, 0.25) is 5.02 Å². The lowest BCUT2D eigenvalue weighted by atomic mass is 10.3. The van der Waals surface area contributed by atoms with E-state index in [1.54, 1.807) is 18.2 Å². The molecule has 1 aliphatic rings. The molecule has 74 valence electrons. The molecule has 1 atom stereocenters. The standard InChI is InChI=1S/C9H8ClNO2S/c10-6-2-1-3-7-9(6)14(13)5-4-8(12)11-7/h1-3H,4-5H2,(H,11,12). The monoisotopic (exact) mass is 229 g/mol. The van der Waals surface area contributed by atoms with Crippen molar-refractivity contribution in [2.45, 2.75) is 11.3 Å². The molecule has 1 heterocycles. The summed E-state index contributed by atoms with van der Waals surface area (Å²) in [5.41, 5.74) is 0.568. The van der Waals surface area contributed by atoms with E-state index in [-0.39, 0.29) is 12.3 Å². The van der Waals surface area contributed by atoms with Crippen LogP contribution in [0.25, 0.3) is 0 Å². The molecule has 0 saturated carbocycles. The van der Waals surface area contributed by atoms with E-state index >= 15 is 0 Å². The van der Waals surface area contributed by atoms with Crippen molar-refractivity contribution >= 4 is 34.0 Å². The van der Waals surface area contributed by atoms with Crippen LogP contribution in [0, 0.1) is 0 Å². The second-order valence-electron chi connectivity index (χ2n) is 2.96. The fourth-order valence-electron chi connectivity index (χ4n) is 1.34. The highest BCUT2D eigenvalue weighted by Gasteiger charge is 2.20. The largest absolute Gasteiger partial charge is 0.325 e. The molecule has 0 aromatic heterocycles. The van der Waals surface area contributed by atoms with Crippen molar-refractivity contribution in [3.63, 3.8) is 0 Å². The number of carbonyl (C=O) groups is 1. The number of carbonyl (C=O) groups excluding carboxylic acids is 1. The van der Waals surface area contributed by atoms with Gasteiger partial charge in [0.15, 0.2) is 0 Å². The molecule has 1 aliphatic heterocycles. The number of amides is 1. The third kappa shape index (κ3) is 1.67. The molecule has 0 fully saturated rings. The summed E-state index contributed by atoms with van der Waals surface area (Å²) in [6, 6.07) is 5.11. The summed E-state index contributed by atoms with van der Waals surface area (Å²) in [5.74, 6) is 0.224. The Hall–Kier alpha value is -0.870. The molecule has 0 spiro atoms. The number of nitrogens with one attached hydrogen (secondary N) is 1. The Labute approximate surface area is 88.9 Å². The summed E-state index contributed by atoms with van der Waals surface area (Å²) in [6.45, 7) is 0. The van der Waals surface area contributed by atoms with E-state index in [1.807, 2.05) is 0 Å². The van der Waals surface area contributed by atoms with Crippen LogP contribution in [0.1, 0.15) is 6.42 Å². The average molecular weight is 230 g/mol. The minimum atomic E-state index is -1.18. The Morgan fingerprint density at radius 1 is 1.43 bits per heavy atom. The van der Waals surface area contributed by atoms with Gasteiger partial charge < -0.3 is 5.32 Å². The topological polar surface area (TPSA) is 46.2 Å². The van der Waals surface area contributed by atoms with Crippen molar-refractivity contribution in [3.05, 3.63) is 23.2 Å². The molecule has 1 N–H and O–H groups in total. The lowest BCUT2D eigenvalue weighted by molar-refractivity contribution is -0.115. The minimum absolute atomic E-state index is 0.112. The lowest BCUT2D eigenvalue weighted by Gasteiger charge is -2.06. The highest BCUT2D eigenvalue weighted by molar-refractivity contribution is 7.85. The van der Waals surface area contributed by atoms with Gasteiger partial charge in [0.2, 0.25) is 5.91 Å². The van der Waals surface area contributed by atoms with Crippen molar-refractivity contribution in [1.82, 2.24) is 0 Å². The predicted octanol–water partition coefficient (Wildman–Crippen LogP) is 1.79. The first-order valence-corrected chi connectivity index (χ1v) is 5.85. The summed E-state index contributed by atoms with van der Waals surface area (Å²) >= 11 is 5.91. The summed E-state index contributed by atoms with van der Waals surface area (Å²) in [5, 5.41) is 3.12. The Kier molecular flexibility index (Phi) is 2.56. The van der Waals surface area contributed by atoms with E-state index in [0.29, 0.717) is 21.4 Å². The molecule has 0 bridgehead atoms. The van der Waals surface area contributed by atoms with Crippen LogP contribution in [0.4, 0.5) is 5.69 Å². The lowest BCUT2D eigenvalue weighted by Crippen LogP contribution is -2.10. The zero-order valence-corrected chi connectivity index (χ0v) is 8.82. The van der Waals surface area contributed by atoms with Crippen LogP contribution in [0.15, 0.2) is 23.1 Å². The van der Waals surface area contributed by atoms with Crippen LogP contribution in [0.3, 0.4) is 0 Å². The van der Waals surface area contributed by atoms with Gasteiger partial charge >= 0.3 is 0 Å². The summed E-state index contributed by atoms with van der Waals surface area (Å²) in [4.78, 5) is 11.8. The zero-order chi connectivity index (χ0) is 10.1. The van der Waals surface area contributed by atoms with Gasteiger partial charge in [-0.1, -0.05) is 17.7 Å². The van der Waals surface area contributed by atoms with Crippen molar-refractivity contribution in [2.24, 2.45) is 0 Å². The van der Waals surface area contributed by atoms with E-state index in [4.69, 9.17) is 11.6 Å². The quantitative estimate of drug-likeness (QED) is 0.737. The normalized spacial score (nSPS) is 20.9. The highest BCUT2D eigenvalue weighted by Crippen LogP contribution is 2.30. The van der Waals surface area contributed by atoms with Crippen LogP contribution in [0.5, 0.6) is 0 Å². The zero-order valence-electron chi connectivity index (χ0n) is 7.25. The fourth-order valence-corrected chi connectivity index (χ4v) is 3.00. The molecule has 0 saturated heterocycles. The van der Waals surface area contributed by atoms with E-state index < -0.39 is 10.8 Å². The first-order valence-electron chi connectivity index (χ1n) is 4.15. The van der Waals surface area contributed by atoms with Crippen molar-refractivity contribution < 1.29 is 9.00 Å². The van der Waals surface area contributed by atoms with Gasteiger partial charge in [-0.15, -0.1) is 0 Å². The molecule has 1 aromatic rings. The molecule has 0 radical (unpaired) electrons. The molecule has 2 rings (SSSR count). The van der Waals surface area contributed by atoms with Gasteiger partial charge in [-0.25, -0.2) is 0 Å². The number of benzene rings is 1. The van der Waals surface area contributed by atoms with E-state index in [1.165, 1.54) is 0 Å². The number of hydrogen-bond donors (Lipinski definition) is 1. The van der Waals surface area contributed by atoms with Crippen molar-refractivity contribution in [2.75, 3.05) is 11.1 Å². The maximum Gasteiger partial charge on any atom is 0.225 e. The Morgan fingerprint density at radius 3 is 3.00 bits per heavy atom. The predicted molar refractivity (Wildman–Crippen MR) is 56.0 cm³/mol. The van der Waals surface area contributed by atoms with Gasteiger partial charge in [-0.05, 0) is 12.1 Å². The molecule has 1 amide bonds. The molecule has 14 heavy (non-hydrogen) atoms. The molecular weight excluding hydrogens is 222 g/mol. The third-order valence-corrected chi connectivity index (χ3v) is 3.88. The Bertz CT molecular complexity index is 419. The number of anilines is 1. The van der Waals surface area contributed by atoms with Gasteiger partial charge in [0, 0.05) is 12.2 Å². The maximum absolute atomic E-state index is 11.7. The molecule has 3 nitrogen and oxygen atoms in total. The van der Waals surface area contributed by atoms with E-state index in [0.717, 1.165) is 0 Å². The van der Waals surface area contributed by atoms with Gasteiger partial charge in [0.25, 0.3) is 0 Å². The second-order valence-corrected chi connectivity index (χ2v) is 4.88. The first-order chi connectivity index (χ1) is 6.68. The summed E-state index contributed by atoms with van der Waals surface area (Å²) in [6.07, 6.45) is 0.275. The second kappa shape index (κ2) is 3.71.